The van der Waals surface area contributed by atoms with E-state index >= 15 is 0 Å². The normalized spacial score (nSPS) is 13.7. The van der Waals surface area contributed by atoms with Crippen LogP contribution in [-0.4, -0.2) is 98.7 Å². The molecule has 2 N–H and O–H groups in total. The van der Waals surface area contributed by atoms with E-state index in [2.05, 4.69) is 73.1 Å². The van der Waals surface area contributed by atoms with Crippen molar-refractivity contribution >= 4 is 17.4 Å². The Bertz CT molecular complexity index is 1160. The number of hydrogen-bond acceptors (Lipinski definition) is 7. The minimum atomic E-state index is -0.115. The van der Waals surface area contributed by atoms with Crippen LogP contribution in [0.1, 0.15) is 61.4 Å². The van der Waals surface area contributed by atoms with E-state index in [4.69, 9.17) is 0 Å². The molecule has 1 amide bonds. The van der Waals surface area contributed by atoms with E-state index in [0.717, 1.165) is 81.5 Å². The van der Waals surface area contributed by atoms with Crippen LogP contribution in [-0.2, 0) is 13.1 Å². The standard InChI is InChI=1S/C28H43N9O/c1-4-14-35(15-5-2)16-7-6-10-32-28(38)24-20-37-19-23(8-9-26(37)33-24)18-36(21-25-29-11-12-30-25)22-27-31-13-17-34(27)3/h8-9,11-12,19-20H,4-7,10,13-18,21-22H2,1-3H3,(H,29,30)(H,32,38). The number of hydrogen-bond donors (Lipinski definition) is 2. The number of aromatic nitrogens is 4. The third-order valence-corrected chi connectivity index (χ3v) is 6.88. The molecule has 0 saturated carbocycles. The lowest BCUT2D eigenvalue weighted by molar-refractivity contribution is 0.0948. The molecule has 0 fully saturated rings. The minimum Gasteiger partial charge on any atom is -0.360 e. The minimum absolute atomic E-state index is 0.115. The number of aromatic amines is 1. The number of imidazole rings is 2. The molecule has 0 spiro atoms. The fourth-order valence-corrected chi connectivity index (χ4v) is 4.93. The highest BCUT2D eigenvalue weighted by atomic mass is 16.1. The molecule has 10 nitrogen and oxygen atoms in total. The summed E-state index contributed by atoms with van der Waals surface area (Å²) in [4.78, 5) is 36.6. The van der Waals surface area contributed by atoms with Gasteiger partial charge in [0.25, 0.3) is 5.91 Å². The quantitative estimate of drug-likeness (QED) is 0.281. The lowest BCUT2D eigenvalue weighted by atomic mass is 10.2. The number of amides is 1. The fraction of sp³-hybridized carbons (Fsp3) is 0.571. The van der Waals surface area contributed by atoms with E-state index in [0.29, 0.717) is 18.8 Å². The molecule has 4 rings (SSSR count). The summed E-state index contributed by atoms with van der Waals surface area (Å²) in [7, 11) is 2.09. The third kappa shape index (κ3) is 7.88. The first-order valence-electron chi connectivity index (χ1n) is 14.0. The molecule has 0 radical (unpaired) electrons. The topological polar surface area (TPSA) is 97.2 Å². The number of H-pyrrole nitrogens is 1. The zero-order valence-electron chi connectivity index (χ0n) is 23.2. The summed E-state index contributed by atoms with van der Waals surface area (Å²) in [5, 5.41) is 3.04. The van der Waals surface area contributed by atoms with Gasteiger partial charge in [-0.1, -0.05) is 19.9 Å². The Morgan fingerprint density at radius 1 is 1.05 bits per heavy atom. The van der Waals surface area contributed by atoms with Gasteiger partial charge in [-0.25, -0.2) is 9.97 Å². The molecule has 4 heterocycles. The molecular formula is C28H43N9O. The second-order valence-electron chi connectivity index (χ2n) is 10.1. The summed E-state index contributed by atoms with van der Waals surface area (Å²) < 4.78 is 1.95. The van der Waals surface area contributed by atoms with Gasteiger partial charge in [-0.3, -0.25) is 14.7 Å². The number of carbonyl (C=O) groups is 1. The van der Waals surface area contributed by atoms with Crippen molar-refractivity contribution in [1.29, 1.82) is 0 Å². The Balaban J connectivity index is 1.32. The molecule has 0 aromatic carbocycles. The van der Waals surface area contributed by atoms with Gasteiger partial charge in [-0.2, -0.15) is 0 Å². The predicted octanol–water partition coefficient (Wildman–Crippen LogP) is 3.04. The van der Waals surface area contributed by atoms with Crippen molar-refractivity contribution in [2.24, 2.45) is 4.99 Å². The summed E-state index contributed by atoms with van der Waals surface area (Å²) in [6.07, 6.45) is 11.9. The van der Waals surface area contributed by atoms with Gasteiger partial charge in [0.1, 0.15) is 23.0 Å². The Hall–Kier alpha value is -3.24. The number of unbranched alkanes of at least 4 members (excludes halogenated alkanes) is 1. The Labute approximate surface area is 226 Å². The summed E-state index contributed by atoms with van der Waals surface area (Å²) in [6, 6.07) is 4.06. The molecule has 206 valence electrons. The number of amidine groups is 1. The number of nitrogens with zero attached hydrogens (tertiary/aromatic N) is 7. The van der Waals surface area contributed by atoms with Crippen molar-refractivity contribution in [3.63, 3.8) is 0 Å². The molecule has 1 aliphatic heterocycles. The summed E-state index contributed by atoms with van der Waals surface area (Å²) in [5.74, 6) is 1.91. The molecule has 38 heavy (non-hydrogen) atoms. The summed E-state index contributed by atoms with van der Waals surface area (Å²) >= 11 is 0. The lowest BCUT2D eigenvalue weighted by Crippen LogP contribution is -2.36. The number of pyridine rings is 1. The maximum absolute atomic E-state index is 12.7. The molecular weight excluding hydrogens is 478 g/mol. The molecule has 3 aromatic heterocycles. The Morgan fingerprint density at radius 3 is 2.61 bits per heavy atom. The van der Waals surface area contributed by atoms with Gasteiger partial charge >= 0.3 is 0 Å². The van der Waals surface area contributed by atoms with Crippen molar-refractivity contribution in [1.82, 2.24) is 39.4 Å². The molecule has 0 saturated heterocycles. The first-order chi connectivity index (χ1) is 18.6. The van der Waals surface area contributed by atoms with Crippen molar-refractivity contribution in [3.05, 3.63) is 54.0 Å². The summed E-state index contributed by atoms with van der Waals surface area (Å²) in [5.41, 5.74) is 2.36. The van der Waals surface area contributed by atoms with Gasteiger partial charge in [0.2, 0.25) is 0 Å². The van der Waals surface area contributed by atoms with Crippen LogP contribution >= 0.6 is 0 Å². The van der Waals surface area contributed by atoms with Crippen LogP contribution in [0.3, 0.4) is 0 Å². The van der Waals surface area contributed by atoms with Crippen LogP contribution in [0.15, 0.2) is 41.9 Å². The fourth-order valence-electron chi connectivity index (χ4n) is 4.93. The Morgan fingerprint density at radius 2 is 1.89 bits per heavy atom. The SMILES string of the molecule is CCCN(CCC)CCCCNC(=O)c1cn2cc(CN(CC3=NCCN3C)Cc3ncc[nH]3)ccc2n1. The smallest absolute Gasteiger partial charge is 0.271 e. The second-order valence-corrected chi connectivity index (χ2v) is 10.1. The monoisotopic (exact) mass is 521 g/mol. The second kappa shape index (κ2) is 14.1. The molecule has 0 unspecified atom stereocenters. The average molecular weight is 522 g/mol. The number of rotatable bonds is 16. The van der Waals surface area contributed by atoms with Crippen LogP contribution in [0.4, 0.5) is 0 Å². The average Bonchev–Trinajstić information content (AvgIpc) is 3.66. The highest BCUT2D eigenvalue weighted by molar-refractivity contribution is 5.92. The molecule has 1 aliphatic rings. The van der Waals surface area contributed by atoms with Gasteiger partial charge in [-0.15, -0.1) is 0 Å². The lowest BCUT2D eigenvalue weighted by Gasteiger charge is -2.24. The van der Waals surface area contributed by atoms with Crippen molar-refractivity contribution in [3.8, 4) is 0 Å². The van der Waals surface area contributed by atoms with E-state index < -0.39 is 0 Å². The van der Waals surface area contributed by atoms with E-state index in [1.807, 2.05) is 22.9 Å². The predicted molar refractivity (Wildman–Crippen MR) is 151 cm³/mol. The number of aliphatic imine (C=N–C) groups is 1. The van der Waals surface area contributed by atoms with Gasteiger partial charge in [0.05, 0.1) is 19.6 Å². The summed E-state index contributed by atoms with van der Waals surface area (Å²) in [6.45, 7) is 12.5. The first-order valence-corrected chi connectivity index (χ1v) is 14.0. The molecule has 0 aliphatic carbocycles. The zero-order valence-corrected chi connectivity index (χ0v) is 23.2. The molecule has 0 atom stereocenters. The number of carbonyl (C=O) groups excluding carboxylic acids is 1. The van der Waals surface area contributed by atoms with Gasteiger partial charge in [0, 0.05) is 51.5 Å². The van der Waals surface area contributed by atoms with Crippen molar-refractivity contribution < 1.29 is 4.79 Å². The van der Waals surface area contributed by atoms with Gasteiger partial charge < -0.3 is 24.5 Å². The zero-order chi connectivity index (χ0) is 26.7. The molecule has 10 heteroatoms. The van der Waals surface area contributed by atoms with Crippen molar-refractivity contribution in [2.45, 2.75) is 52.6 Å². The van der Waals surface area contributed by atoms with Crippen LogP contribution in [0, 0.1) is 0 Å². The van der Waals surface area contributed by atoms with Crippen LogP contribution in [0.25, 0.3) is 5.65 Å². The van der Waals surface area contributed by atoms with E-state index in [-0.39, 0.29) is 5.91 Å². The van der Waals surface area contributed by atoms with E-state index in [9.17, 15) is 4.79 Å². The van der Waals surface area contributed by atoms with Gasteiger partial charge in [0.15, 0.2) is 0 Å². The Kier molecular flexibility index (Phi) is 10.3. The highest BCUT2D eigenvalue weighted by Crippen LogP contribution is 2.13. The maximum Gasteiger partial charge on any atom is 0.271 e. The maximum atomic E-state index is 12.7. The number of fused-ring (bicyclic) bond motifs is 1. The largest absolute Gasteiger partial charge is 0.360 e. The van der Waals surface area contributed by atoms with Crippen molar-refractivity contribution in [2.75, 3.05) is 52.9 Å². The van der Waals surface area contributed by atoms with E-state index in [1.165, 1.54) is 12.8 Å². The van der Waals surface area contributed by atoms with Crippen LogP contribution in [0.2, 0.25) is 0 Å². The molecule has 3 aromatic rings. The van der Waals surface area contributed by atoms with E-state index in [1.54, 1.807) is 6.20 Å². The molecule has 0 bridgehead atoms. The van der Waals surface area contributed by atoms with Crippen LogP contribution in [0.5, 0.6) is 0 Å². The highest BCUT2D eigenvalue weighted by Gasteiger charge is 2.18. The number of nitrogens with one attached hydrogen (secondary N) is 2. The number of likely N-dealkylation sites (N-methyl/N-ethyl adjacent to an activating group) is 1. The van der Waals surface area contributed by atoms with Crippen LogP contribution < -0.4 is 5.32 Å². The third-order valence-electron chi connectivity index (χ3n) is 6.88. The van der Waals surface area contributed by atoms with Gasteiger partial charge in [-0.05, 0) is 56.9 Å². The first kappa shape index (κ1) is 27.8.